The molecule has 3 aliphatic rings. The second-order valence-corrected chi connectivity index (χ2v) is 14.5. The molecule has 13 heteroatoms. The predicted octanol–water partition coefficient (Wildman–Crippen LogP) is 4.66. The molecular weight excluding hydrogens is 646 g/mol. The summed E-state index contributed by atoms with van der Waals surface area (Å²) >= 11 is 0. The van der Waals surface area contributed by atoms with E-state index >= 15 is 4.79 Å². The first-order valence-electron chi connectivity index (χ1n) is 16.4. The number of carbonyl (C=O) groups excluding carboxylic acids is 2. The largest absolute Gasteiger partial charge is 0.497 e. The monoisotopic (exact) mass is 687 g/mol. The number of likely N-dealkylation sites (tertiary alicyclic amines) is 2. The number of amides is 2. The van der Waals surface area contributed by atoms with Gasteiger partial charge in [-0.25, -0.2) is 22.4 Å². The lowest BCUT2D eigenvalue weighted by Gasteiger charge is -2.46. The van der Waals surface area contributed by atoms with Gasteiger partial charge in [-0.1, -0.05) is 12.1 Å². The van der Waals surface area contributed by atoms with Crippen molar-refractivity contribution in [2.75, 3.05) is 52.3 Å². The first kappa shape index (κ1) is 34.2. The van der Waals surface area contributed by atoms with Crippen LogP contribution in [0.5, 0.6) is 11.5 Å². The number of nitrogens with zero attached hydrogens (tertiary/aromatic N) is 5. The number of hydrogen-bond donors (Lipinski definition) is 0. The van der Waals surface area contributed by atoms with Crippen LogP contribution >= 0.6 is 0 Å². The summed E-state index contributed by atoms with van der Waals surface area (Å²) in [4.78, 5) is 33.9. The van der Waals surface area contributed by atoms with Crippen molar-refractivity contribution >= 4 is 27.7 Å². The van der Waals surface area contributed by atoms with Crippen LogP contribution in [0.3, 0.4) is 0 Å². The highest BCUT2D eigenvalue weighted by molar-refractivity contribution is 7.93. The molecule has 49 heavy (non-hydrogen) atoms. The average molecular weight is 688 g/mol. The van der Waals surface area contributed by atoms with Gasteiger partial charge in [0, 0.05) is 38.3 Å². The Labute approximate surface area is 287 Å². The van der Waals surface area contributed by atoms with E-state index in [4.69, 9.17) is 14.2 Å². The summed E-state index contributed by atoms with van der Waals surface area (Å²) in [6, 6.07) is 18.2. The number of ether oxygens (including phenoxy) is 3. The number of nitriles is 1. The topological polar surface area (TPSA) is 133 Å². The maximum absolute atomic E-state index is 15.5. The van der Waals surface area contributed by atoms with E-state index < -0.39 is 33.8 Å². The molecule has 0 spiro atoms. The van der Waals surface area contributed by atoms with Gasteiger partial charge in [-0.3, -0.25) is 9.69 Å². The summed E-state index contributed by atoms with van der Waals surface area (Å²) in [6.07, 6.45) is 2.54. The second-order valence-electron chi connectivity index (χ2n) is 12.7. The van der Waals surface area contributed by atoms with E-state index in [9.17, 15) is 18.5 Å². The van der Waals surface area contributed by atoms with Gasteiger partial charge in [0.1, 0.15) is 11.5 Å². The van der Waals surface area contributed by atoms with E-state index in [0.717, 1.165) is 42.2 Å². The van der Waals surface area contributed by atoms with Gasteiger partial charge < -0.3 is 19.1 Å². The molecule has 258 valence electrons. The standard InChI is InChI=1S/C36H41N5O7S/c1-38(2)35(43)48-33-9-5-6-20-40(33)36(29-16-10-26(22-32(29)47-4)24-39-18-7-8-19-39)30-21-25(23-37)11-17-31(30)41(34(36)42)49(44,45)28-14-12-27(46-3)13-15-28/h10-17,21-22,33H,5-9,18-20,24H2,1-4H3/t33-,36?/m0/s1. The molecular formula is C36H41N5O7S. The van der Waals surface area contributed by atoms with E-state index in [1.807, 2.05) is 18.2 Å². The van der Waals surface area contributed by atoms with E-state index in [-0.39, 0.29) is 21.7 Å². The molecule has 2 fully saturated rings. The molecule has 12 nitrogen and oxygen atoms in total. The number of anilines is 1. The van der Waals surface area contributed by atoms with Crippen LogP contribution < -0.4 is 13.8 Å². The zero-order chi connectivity index (χ0) is 34.9. The molecule has 0 aliphatic carbocycles. The van der Waals surface area contributed by atoms with Gasteiger partial charge in [0.15, 0.2) is 11.8 Å². The average Bonchev–Trinajstić information content (AvgIpc) is 3.72. The number of methoxy groups -OCH3 is 2. The summed E-state index contributed by atoms with van der Waals surface area (Å²) in [5, 5.41) is 10.0. The molecule has 0 bridgehead atoms. The molecule has 3 aliphatic heterocycles. The summed E-state index contributed by atoms with van der Waals surface area (Å²) in [6.45, 7) is 2.96. The molecule has 0 aromatic heterocycles. The molecule has 3 aromatic carbocycles. The summed E-state index contributed by atoms with van der Waals surface area (Å²) in [5.41, 5.74) is 0.144. The SMILES string of the molecule is COc1ccc(S(=O)(=O)N2C(=O)C(c3ccc(CN4CCCC4)cc3OC)(N3CCCC[C@@H]3OC(=O)N(C)C)c3cc(C#N)ccc32)cc1. The minimum absolute atomic E-state index is 0.103. The highest BCUT2D eigenvalue weighted by Crippen LogP contribution is 2.54. The highest BCUT2D eigenvalue weighted by Gasteiger charge is 2.62. The summed E-state index contributed by atoms with van der Waals surface area (Å²) < 4.78 is 47.2. The minimum Gasteiger partial charge on any atom is -0.497 e. The van der Waals surface area contributed by atoms with Crippen LogP contribution in [0.4, 0.5) is 10.5 Å². The molecule has 2 amide bonds. The zero-order valence-corrected chi connectivity index (χ0v) is 29.0. The normalized spacial score (nSPS) is 21.2. The van der Waals surface area contributed by atoms with Crippen LogP contribution in [0.15, 0.2) is 65.6 Å². The van der Waals surface area contributed by atoms with E-state index in [1.54, 1.807) is 25.1 Å². The van der Waals surface area contributed by atoms with Gasteiger partial charge >= 0.3 is 6.09 Å². The fourth-order valence-electron chi connectivity index (χ4n) is 7.19. The molecule has 2 saturated heterocycles. The lowest BCUT2D eigenvalue weighted by Crippen LogP contribution is -2.60. The van der Waals surface area contributed by atoms with Crippen molar-refractivity contribution in [2.45, 2.75) is 55.3 Å². The lowest BCUT2D eigenvalue weighted by atomic mass is 9.79. The van der Waals surface area contributed by atoms with Gasteiger partial charge in [0.05, 0.1) is 36.4 Å². The van der Waals surface area contributed by atoms with Gasteiger partial charge in [-0.05, 0) is 99.3 Å². The molecule has 0 radical (unpaired) electrons. The van der Waals surface area contributed by atoms with Crippen molar-refractivity contribution in [3.8, 4) is 17.6 Å². The van der Waals surface area contributed by atoms with Crippen molar-refractivity contribution in [2.24, 2.45) is 0 Å². The number of piperidine rings is 1. The number of benzene rings is 3. The fraction of sp³-hybridized carbons (Fsp3) is 0.417. The molecule has 2 atom stereocenters. The second kappa shape index (κ2) is 13.7. The van der Waals surface area contributed by atoms with Crippen LogP contribution in [0.1, 0.15) is 54.4 Å². The van der Waals surface area contributed by atoms with Gasteiger partial charge in [0.25, 0.3) is 15.9 Å². The quantitative estimate of drug-likeness (QED) is 0.313. The third-order valence-electron chi connectivity index (χ3n) is 9.57. The van der Waals surface area contributed by atoms with Gasteiger partial charge in [-0.2, -0.15) is 5.26 Å². The number of fused-ring (bicyclic) bond motifs is 1. The Morgan fingerprint density at radius 1 is 0.939 bits per heavy atom. The Kier molecular flexibility index (Phi) is 9.57. The summed E-state index contributed by atoms with van der Waals surface area (Å²) in [7, 11) is 1.64. The van der Waals surface area contributed by atoms with E-state index in [1.165, 1.54) is 55.5 Å². The van der Waals surface area contributed by atoms with Crippen LogP contribution in [-0.2, 0) is 31.6 Å². The Hall–Kier alpha value is -4.64. The zero-order valence-electron chi connectivity index (χ0n) is 28.2. The number of rotatable bonds is 9. The third-order valence-corrected chi connectivity index (χ3v) is 11.3. The van der Waals surface area contributed by atoms with Crippen LogP contribution in [0, 0.1) is 11.3 Å². The van der Waals surface area contributed by atoms with Crippen LogP contribution in [-0.4, -0.2) is 89.3 Å². The van der Waals surface area contributed by atoms with Crippen molar-refractivity contribution in [1.82, 2.24) is 14.7 Å². The Morgan fingerprint density at radius 3 is 2.31 bits per heavy atom. The molecule has 0 saturated carbocycles. The highest BCUT2D eigenvalue weighted by atomic mass is 32.2. The minimum atomic E-state index is -4.51. The van der Waals surface area contributed by atoms with Crippen LogP contribution in [0.25, 0.3) is 0 Å². The maximum atomic E-state index is 15.5. The van der Waals surface area contributed by atoms with Gasteiger partial charge in [0.2, 0.25) is 0 Å². The molecule has 3 heterocycles. The van der Waals surface area contributed by atoms with Crippen molar-refractivity contribution in [1.29, 1.82) is 5.26 Å². The third kappa shape index (κ3) is 5.98. The predicted molar refractivity (Wildman–Crippen MR) is 182 cm³/mol. The summed E-state index contributed by atoms with van der Waals surface area (Å²) in [5.74, 6) is 0.0508. The smallest absolute Gasteiger partial charge is 0.410 e. The Balaban J connectivity index is 1.61. The fourth-order valence-corrected chi connectivity index (χ4v) is 8.65. The van der Waals surface area contributed by atoms with E-state index in [0.29, 0.717) is 43.0 Å². The Bertz CT molecular complexity index is 1890. The Morgan fingerprint density at radius 2 is 1.65 bits per heavy atom. The molecule has 3 aromatic rings. The first-order valence-corrected chi connectivity index (χ1v) is 17.8. The number of carbonyl (C=O) groups is 2. The van der Waals surface area contributed by atoms with Crippen molar-refractivity contribution < 1.29 is 32.2 Å². The first-order chi connectivity index (χ1) is 23.6. The van der Waals surface area contributed by atoms with Crippen LogP contribution in [0.2, 0.25) is 0 Å². The van der Waals surface area contributed by atoms with Crippen molar-refractivity contribution in [3.63, 3.8) is 0 Å². The molecule has 6 rings (SSSR count). The van der Waals surface area contributed by atoms with E-state index in [2.05, 4.69) is 11.0 Å². The number of hydrogen-bond acceptors (Lipinski definition) is 10. The maximum Gasteiger partial charge on any atom is 0.410 e. The molecule has 0 N–H and O–H groups in total. The number of sulfonamides is 1. The molecule has 1 unspecified atom stereocenters. The lowest BCUT2D eigenvalue weighted by molar-refractivity contribution is -0.140. The van der Waals surface area contributed by atoms with Crippen molar-refractivity contribution in [3.05, 3.63) is 82.9 Å². The van der Waals surface area contributed by atoms with Gasteiger partial charge in [-0.15, -0.1) is 0 Å².